The second-order valence-corrected chi connectivity index (χ2v) is 4.21. The summed E-state index contributed by atoms with van der Waals surface area (Å²) >= 11 is 0. The molecule has 0 bridgehead atoms. The van der Waals surface area contributed by atoms with Crippen molar-refractivity contribution >= 4 is 5.69 Å². The summed E-state index contributed by atoms with van der Waals surface area (Å²) in [6.07, 6.45) is 6.73. The molecule has 0 saturated heterocycles. The fourth-order valence-electron chi connectivity index (χ4n) is 1.91. The molecular weight excluding hydrogens is 238 g/mol. The van der Waals surface area contributed by atoms with Gasteiger partial charge >= 0.3 is 0 Å². The van der Waals surface area contributed by atoms with Crippen LogP contribution in [-0.4, -0.2) is 19.7 Å². The van der Waals surface area contributed by atoms with Gasteiger partial charge in [0, 0.05) is 18.6 Å². The third kappa shape index (κ3) is 2.44. The minimum Gasteiger partial charge on any atom is -0.396 e. The van der Waals surface area contributed by atoms with Gasteiger partial charge in [-0.1, -0.05) is 30.3 Å². The van der Waals surface area contributed by atoms with Crippen LogP contribution in [0.3, 0.4) is 0 Å². The first kappa shape index (κ1) is 11.4. The number of hydrogen-bond donors (Lipinski definition) is 1. The van der Waals surface area contributed by atoms with Crippen LogP contribution in [0.15, 0.2) is 55.1 Å². The highest BCUT2D eigenvalue weighted by Gasteiger charge is 2.09. The maximum Gasteiger partial charge on any atom is 0.135 e. The van der Waals surface area contributed by atoms with Gasteiger partial charge in [0.25, 0.3) is 0 Å². The van der Waals surface area contributed by atoms with E-state index in [1.54, 1.807) is 18.6 Å². The molecule has 0 amide bonds. The molecule has 0 aliphatic rings. The molecule has 0 radical (unpaired) electrons. The zero-order valence-corrected chi connectivity index (χ0v) is 10.3. The maximum absolute atomic E-state index is 5.98. The first-order chi connectivity index (χ1) is 9.33. The van der Waals surface area contributed by atoms with Gasteiger partial charge in [0.15, 0.2) is 0 Å². The predicted molar refractivity (Wildman–Crippen MR) is 73.2 cm³/mol. The molecule has 1 aromatic carbocycles. The molecule has 2 heterocycles. The Balaban J connectivity index is 1.90. The lowest BCUT2D eigenvalue weighted by Crippen LogP contribution is -2.00. The molecule has 5 heteroatoms. The van der Waals surface area contributed by atoms with E-state index in [1.165, 1.54) is 5.56 Å². The van der Waals surface area contributed by atoms with Crippen LogP contribution in [0.4, 0.5) is 5.69 Å². The molecule has 2 N–H and O–H groups in total. The van der Waals surface area contributed by atoms with Crippen LogP contribution >= 0.6 is 0 Å². The van der Waals surface area contributed by atoms with Gasteiger partial charge < -0.3 is 5.73 Å². The van der Waals surface area contributed by atoms with Gasteiger partial charge in [-0.2, -0.15) is 5.10 Å². The van der Waals surface area contributed by atoms with Crippen molar-refractivity contribution in [2.75, 3.05) is 5.73 Å². The number of aromatic nitrogens is 4. The standard InChI is InChI=1S/C14H13N5/c15-12-10-19(9-11-4-2-1-3-5-11)18-14(12)13-8-16-6-7-17-13/h1-8,10H,9,15H2. The normalized spacial score (nSPS) is 10.5. The van der Waals surface area contributed by atoms with Crippen LogP contribution in [0.5, 0.6) is 0 Å². The molecule has 19 heavy (non-hydrogen) atoms. The summed E-state index contributed by atoms with van der Waals surface area (Å²) in [5.74, 6) is 0. The smallest absolute Gasteiger partial charge is 0.135 e. The van der Waals surface area contributed by atoms with Gasteiger partial charge in [-0.15, -0.1) is 0 Å². The largest absolute Gasteiger partial charge is 0.396 e. The van der Waals surface area contributed by atoms with Crippen molar-refractivity contribution in [3.05, 3.63) is 60.7 Å². The molecule has 3 rings (SSSR count). The van der Waals surface area contributed by atoms with Crippen molar-refractivity contribution in [3.63, 3.8) is 0 Å². The van der Waals surface area contributed by atoms with Crippen LogP contribution in [0.1, 0.15) is 5.56 Å². The van der Waals surface area contributed by atoms with Gasteiger partial charge in [0.2, 0.25) is 0 Å². The first-order valence-corrected chi connectivity index (χ1v) is 5.96. The zero-order chi connectivity index (χ0) is 13.1. The number of nitrogens with zero attached hydrogens (tertiary/aromatic N) is 4. The van der Waals surface area contributed by atoms with Crippen molar-refractivity contribution in [2.45, 2.75) is 6.54 Å². The van der Waals surface area contributed by atoms with Crippen LogP contribution in [0.25, 0.3) is 11.4 Å². The van der Waals surface area contributed by atoms with Crippen molar-refractivity contribution < 1.29 is 0 Å². The average molecular weight is 251 g/mol. The molecule has 94 valence electrons. The molecule has 5 nitrogen and oxygen atoms in total. The minimum atomic E-state index is 0.608. The van der Waals surface area contributed by atoms with Crippen LogP contribution in [-0.2, 0) is 6.54 Å². The molecule has 0 spiro atoms. The fourth-order valence-corrected chi connectivity index (χ4v) is 1.91. The van der Waals surface area contributed by atoms with Gasteiger partial charge in [0.1, 0.15) is 11.4 Å². The maximum atomic E-state index is 5.98. The van der Waals surface area contributed by atoms with Crippen LogP contribution in [0, 0.1) is 0 Å². The van der Waals surface area contributed by atoms with Crippen LogP contribution in [0.2, 0.25) is 0 Å². The van der Waals surface area contributed by atoms with E-state index in [9.17, 15) is 0 Å². The summed E-state index contributed by atoms with van der Waals surface area (Å²) in [5, 5.41) is 4.46. The van der Waals surface area contributed by atoms with Gasteiger partial charge in [0.05, 0.1) is 18.4 Å². The number of nitrogens with two attached hydrogens (primary N) is 1. The fraction of sp³-hybridized carbons (Fsp3) is 0.0714. The lowest BCUT2D eigenvalue weighted by Gasteiger charge is -2.00. The molecule has 0 aliphatic carbocycles. The van der Waals surface area contributed by atoms with Crippen molar-refractivity contribution in [2.24, 2.45) is 0 Å². The van der Waals surface area contributed by atoms with E-state index in [4.69, 9.17) is 5.73 Å². The van der Waals surface area contributed by atoms with E-state index in [2.05, 4.69) is 27.2 Å². The molecule has 2 aromatic heterocycles. The van der Waals surface area contributed by atoms with Gasteiger partial charge in [-0.05, 0) is 5.56 Å². The average Bonchev–Trinajstić information content (AvgIpc) is 2.82. The van der Waals surface area contributed by atoms with Crippen molar-refractivity contribution in [1.82, 2.24) is 19.7 Å². The van der Waals surface area contributed by atoms with Crippen LogP contribution < -0.4 is 5.73 Å². The summed E-state index contributed by atoms with van der Waals surface area (Å²) in [5.41, 5.74) is 9.12. The lowest BCUT2D eigenvalue weighted by molar-refractivity contribution is 0.689. The number of rotatable bonds is 3. The Morgan fingerprint density at radius 3 is 2.68 bits per heavy atom. The minimum absolute atomic E-state index is 0.608. The van der Waals surface area contributed by atoms with E-state index >= 15 is 0 Å². The number of hydrogen-bond acceptors (Lipinski definition) is 4. The van der Waals surface area contributed by atoms with E-state index in [1.807, 2.05) is 29.1 Å². The Hall–Kier alpha value is -2.69. The highest BCUT2D eigenvalue weighted by atomic mass is 15.3. The first-order valence-electron chi connectivity index (χ1n) is 5.96. The van der Waals surface area contributed by atoms with Crippen molar-refractivity contribution in [1.29, 1.82) is 0 Å². The Bertz CT molecular complexity index is 661. The second-order valence-electron chi connectivity index (χ2n) is 4.21. The van der Waals surface area contributed by atoms with E-state index in [0.29, 0.717) is 23.6 Å². The molecule has 3 aromatic rings. The Morgan fingerprint density at radius 1 is 1.11 bits per heavy atom. The SMILES string of the molecule is Nc1cn(Cc2ccccc2)nc1-c1cnccn1. The Labute approximate surface area is 110 Å². The van der Waals surface area contributed by atoms with Gasteiger partial charge in [-0.25, -0.2) is 0 Å². The Morgan fingerprint density at radius 2 is 1.95 bits per heavy atom. The van der Waals surface area contributed by atoms with Crippen molar-refractivity contribution in [3.8, 4) is 11.4 Å². The summed E-state index contributed by atoms with van der Waals surface area (Å²) in [6, 6.07) is 10.1. The summed E-state index contributed by atoms with van der Waals surface area (Å²) in [7, 11) is 0. The lowest BCUT2D eigenvalue weighted by atomic mass is 10.2. The molecule has 0 atom stereocenters. The molecular formula is C14H13N5. The summed E-state index contributed by atoms with van der Waals surface area (Å²) < 4.78 is 1.81. The molecule has 0 saturated carbocycles. The highest BCUT2D eigenvalue weighted by molar-refractivity contribution is 5.68. The molecule has 0 aliphatic heterocycles. The number of anilines is 1. The zero-order valence-electron chi connectivity index (χ0n) is 10.3. The quantitative estimate of drug-likeness (QED) is 0.772. The molecule has 0 fully saturated rings. The monoisotopic (exact) mass is 251 g/mol. The van der Waals surface area contributed by atoms with E-state index in [-0.39, 0.29) is 0 Å². The van der Waals surface area contributed by atoms with Gasteiger partial charge in [-0.3, -0.25) is 14.6 Å². The summed E-state index contributed by atoms with van der Waals surface area (Å²) in [4.78, 5) is 8.24. The second kappa shape index (κ2) is 4.89. The third-order valence-corrected chi connectivity index (χ3v) is 2.78. The van der Waals surface area contributed by atoms with E-state index < -0.39 is 0 Å². The number of benzene rings is 1. The molecule has 0 unspecified atom stereocenters. The predicted octanol–water partition coefficient (Wildman–Crippen LogP) is 1.97. The topological polar surface area (TPSA) is 69.6 Å². The number of nitrogen functional groups attached to an aromatic ring is 1. The van der Waals surface area contributed by atoms with E-state index in [0.717, 1.165) is 0 Å². The third-order valence-electron chi connectivity index (χ3n) is 2.78. The highest BCUT2D eigenvalue weighted by Crippen LogP contribution is 2.21. The Kier molecular flexibility index (Phi) is 2.94. The summed E-state index contributed by atoms with van der Waals surface area (Å²) in [6.45, 7) is 0.686.